The van der Waals surface area contributed by atoms with Gasteiger partial charge in [0.2, 0.25) is 5.91 Å². The van der Waals surface area contributed by atoms with Crippen molar-refractivity contribution in [3.63, 3.8) is 0 Å². The number of nitrogens with two attached hydrogens (primary N) is 1. The minimum atomic E-state index is -0.481. The van der Waals surface area contributed by atoms with Crippen LogP contribution in [0.3, 0.4) is 0 Å². The maximum atomic E-state index is 11.8. The molecule has 0 aliphatic rings. The average Bonchev–Trinajstić information content (AvgIpc) is 2.77. The Morgan fingerprint density at radius 3 is 3.00 bits per heavy atom. The number of benzene rings is 1. The molecule has 2 rings (SSSR count). The third-order valence-electron chi connectivity index (χ3n) is 3.10. The highest BCUT2D eigenvalue weighted by Crippen LogP contribution is 2.12. The number of amides is 1. The summed E-state index contributed by atoms with van der Waals surface area (Å²) in [7, 11) is 0. The first-order valence-corrected chi connectivity index (χ1v) is 6.23. The van der Waals surface area contributed by atoms with Crippen LogP contribution in [0, 0.1) is 5.92 Å². The number of aromatic nitrogens is 1. The number of hydrogen-bond donors (Lipinski definition) is 3. The Bertz CT molecular complexity index is 625. The van der Waals surface area contributed by atoms with Crippen LogP contribution < -0.4 is 16.8 Å². The van der Waals surface area contributed by atoms with Gasteiger partial charge >= 0.3 is 5.76 Å². The quantitative estimate of drug-likeness (QED) is 0.739. The first kappa shape index (κ1) is 13.4. The largest absolute Gasteiger partial charge is 0.417 e. The normalized spacial score (nSPS) is 12.5. The van der Waals surface area contributed by atoms with E-state index < -0.39 is 5.76 Å². The summed E-state index contributed by atoms with van der Waals surface area (Å²) in [6.07, 6.45) is 0.716. The number of aromatic amines is 1. The lowest BCUT2D eigenvalue weighted by Gasteiger charge is -2.12. The van der Waals surface area contributed by atoms with E-state index in [0.717, 1.165) is 5.56 Å². The third-order valence-corrected chi connectivity index (χ3v) is 3.10. The summed E-state index contributed by atoms with van der Waals surface area (Å²) in [6.45, 7) is 2.66. The van der Waals surface area contributed by atoms with E-state index in [4.69, 9.17) is 10.2 Å². The van der Waals surface area contributed by atoms with Gasteiger partial charge in [0.1, 0.15) is 0 Å². The third kappa shape index (κ3) is 3.03. The number of carbonyl (C=O) groups is 1. The minimum Gasteiger partial charge on any atom is -0.408 e. The predicted molar refractivity (Wildman–Crippen MR) is 71.5 cm³/mol. The van der Waals surface area contributed by atoms with E-state index in [2.05, 4.69) is 10.3 Å². The summed E-state index contributed by atoms with van der Waals surface area (Å²) in [6, 6.07) is 5.32. The van der Waals surface area contributed by atoms with Gasteiger partial charge in [0.25, 0.3) is 0 Å². The van der Waals surface area contributed by atoms with Gasteiger partial charge in [0, 0.05) is 19.0 Å². The van der Waals surface area contributed by atoms with Crippen molar-refractivity contribution in [2.45, 2.75) is 19.9 Å². The van der Waals surface area contributed by atoms with Gasteiger partial charge in [-0.15, -0.1) is 0 Å². The van der Waals surface area contributed by atoms with Gasteiger partial charge in [-0.3, -0.25) is 9.78 Å². The SMILES string of the molecule is CCC(CN)C(=O)NCc1ccc2[nH]c(=O)oc2c1. The fraction of sp³-hybridized carbons (Fsp3) is 0.385. The predicted octanol–water partition coefficient (Wildman–Crippen LogP) is 0.722. The molecule has 102 valence electrons. The molecular weight excluding hydrogens is 246 g/mol. The molecule has 0 saturated carbocycles. The fourth-order valence-corrected chi connectivity index (χ4v) is 1.89. The van der Waals surface area contributed by atoms with E-state index in [1.54, 1.807) is 12.1 Å². The van der Waals surface area contributed by atoms with Crippen LogP contribution in [0.15, 0.2) is 27.4 Å². The van der Waals surface area contributed by atoms with E-state index in [-0.39, 0.29) is 11.8 Å². The summed E-state index contributed by atoms with van der Waals surface area (Å²) >= 11 is 0. The number of H-pyrrole nitrogens is 1. The highest BCUT2D eigenvalue weighted by atomic mass is 16.4. The Morgan fingerprint density at radius 2 is 2.32 bits per heavy atom. The highest BCUT2D eigenvalue weighted by molar-refractivity contribution is 5.79. The number of hydrogen-bond acceptors (Lipinski definition) is 4. The second-order valence-corrected chi connectivity index (χ2v) is 4.40. The molecule has 1 amide bonds. The van der Waals surface area contributed by atoms with Gasteiger partial charge in [-0.2, -0.15) is 0 Å². The lowest BCUT2D eigenvalue weighted by atomic mass is 10.1. The zero-order valence-electron chi connectivity index (χ0n) is 10.7. The second-order valence-electron chi connectivity index (χ2n) is 4.40. The summed E-state index contributed by atoms with van der Waals surface area (Å²) in [5.41, 5.74) is 7.52. The van der Waals surface area contributed by atoms with E-state index in [0.29, 0.717) is 30.6 Å². The van der Waals surface area contributed by atoms with Crippen LogP contribution in [-0.2, 0) is 11.3 Å². The second kappa shape index (κ2) is 5.71. The molecule has 0 aliphatic heterocycles. The molecule has 1 heterocycles. The van der Waals surface area contributed by atoms with Crippen molar-refractivity contribution in [3.8, 4) is 0 Å². The van der Waals surface area contributed by atoms with Crippen molar-refractivity contribution in [2.75, 3.05) is 6.54 Å². The molecule has 0 saturated heterocycles. The van der Waals surface area contributed by atoms with Gasteiger partial charge in [0.05, 0.1) is 5.52 Å². The molecule has 6 nitrogen and oxygen atoms in total. The van der Waals surface area contributed by atoms with Crippen molar-refractivity contribution in [1.29, 1.82) is 0 Å². The first-order valence-electron chi connectivity index (χ1n) is 6.23. The van der Waals surface area contributed by atoms with E-state index >= 15 is 0 Å². The number of rotatable bonds is 5. The summed E-state index contributed by atoms with van der Waals surface area (Å²) < 4.78 is 4.96. The van der Waals surface area contributed by atoms with Crippen LogP contribution >= 0.6 is 0 Å². The number of fused-ring (bicyclic) bond motifs is 1. The maximum Gasteiger partial charge on any atom is 0.417 e. The molecule has 2 aromatic rings. The Hall–Kier alpha value is -2.08. The molecule has 0 aliphatic carbocycles. The summed E-state index contributed by atoms with van der Waals surface area (Å²) in [5.74, 6) is -0.695. The molecular formula is C13H17N3O3. The molecule has 1 aromatic carbocycles. The van der Waals surface area contributed by atoms with Crippen molar-refractivity contribution in [1.82, 2.24) is 10.3 Å². The number of oxazole rings is 1. The van der Waals surface area contributed by atoms with Crippen LogP contribution in [0.25, 0.3) is 11.1 Å². The highest BCUT2D eigenvalue weighted by Gasteiger charge is 2.13. The topological polar surface area (TPSA) is 101 Å². The van der Waals surface area contributed by atoms with E-state index in [9.17, 15) is 9.59 Å². The Morgan fingerprint density at radius 1 is 1.53 bits per heavy atom. The minimum absolute atomic E-state index is 0.0550. The van der Waals surface area contributed by atoms with Crippen molar-refractivity contribution in [2.24, 2.45) is 11.7 Å². The molecule has 4 N–H and O–H groups in total. The molecule has 1 atom stereocenters. The fourth-order valence-electron chi connectivity index (χ4n) is 1.89. The Kier molecular flexibility index (Phi) is 4.01. The first-order chi connectivity index (χ1) is 9.13. The smallest absolute Gasteiger partial charge is 0.408 e. The summed E-state index contributed by atoms with van der Waals surface area (Å²) in [4.78, 5) is 25.4. The van der Waals surface area contributed by atoms with Crippen molar-refractivity contribution in [3.05, 3.63) is 34.3 Å². The van der Waals surface area contributed by atoms with Crippen LogP contribution in [-0.4, -0.2) is 17.4 Å². The molecule has 6 heteroatoms. The van der Waals surface area contributed by atoms with Crippen molar-refractivity contribution < 1.29 is 9.21 Å². The van der Waals surface area contributed by atoms with Gasteiger partial charge in [-0.05, 0) is 24.1 Å². The summed E-state index contributed by atoms with van der Waals surface area (Å²) in [5, 5.41) is 2.82. The molecule has 1 unspecified atom stereocenters. The van der Waals surface area contributed by atoms with Crippen LogP contribution in [0.1, 0.15) is 18.9 Å². The van der Waals surface area contributed by atoms with Crippen LogP contribution in [0.4, 0.5) is 0 Å². The molecule has 19 heavy (non-hydrogen) atoms. The Labute approximate surface area is 110 Å². The lowest BCUT2D eigenvalue weighted by molar-refractivity contribution is -0.124. The van der Waals surface area contributed by atoms with E-state index in [1.807, 2.05) is 13.0 Å². The number of carbonyl (C=O) groups excluding carboxylic acids is 1. The molecule has 0 fully saturated rings. The lowest BCUT2D eigenvalue weighted by Crippen LogP contribution is -2.34. The average molecular weight is 263 g/mol. The monoisotopic (exact) mass is 263 g/mol. The van der Waals surface area contributed by atoms with Crippen LogP contribution in [0.2, 0.25) is 0 Å². The van der Waals surface area contributed by atoms with Crippen LogP contribution in [0.5, 0.6) is 0 Å². The standard InChI is InChI=1S/C13H17N3O3/c1-2-9(6-14)12(17)15-7-8-3-4-10-11(5-8)19-13(18)16-10/h3-5,9H,2,6-7,14H2,1H3,(H,15,17)(H,16,18). The van der Waals surface area contributed by atoms with Gasteiger partial charge in [-0.1, -0.05) is 13.0 Å². The Balaban J connectivity index is 2.05. The molecule has 0 radical (unpaired) electrons. The molecule has 1 aromatic heterocycles. The zero-order valence-corrected chi connectivity index (χ0v) is 10.7. The van der Waals surface area contributed by atoms with Gasteiger partial charge in [-0.25, -0.2) is 4.79 Å². The van der Waals surface area contributed by atoms with Gasteiger partial charge < -0.3 is 15.5 Å². The van der Waals surface area contributed by atoms with Crippen molar-refractivity contribution >= 4 is 17.0 Å². The molecule has 0 spiro atoms. The number of nitrogens with one attached hydrogen (secondary N) is 2. The van der Waals surface area contributed by atoms with E-state index in [1.165, 1.54) is 0 Å². The molecule has 0 bridgehead atoms. The zero-order chi connectivity index (χ0) is 13.8. The maximum absolute atomic E-state index is 11.8. The van der Waals surface area contributed by atoms with Gasteiger partial charge in [0.15, 0.2) is 5.58 Å².